The van der Waals surface area contributed by atoms with E-state index in [1.54, 1.807) is 17.0 Å². The number of carbonyl (C=O) groups excluding carboxylic acids is 1. The van der Waals surface area contributed by atoms with Gasteiger partial charge < -0.3 is 15.0 Å². The number of benzene rings is 1. The molecule has 1 aliphatic rings. The largest absolute Gasteiger partial charge is 0.467 e. The summed E-state index contributed by atoms with van der Waals surface area (Å²) in [6.45, 7) is 0.168. The molecule has 1 amide bonds. The minimum Gasteiger partial charge on any atom is -0.467 e. The lowest BCUT2D eigenvalue weighted by Gasteiger charge is -2.16. The van der Waals surface area contributed by atoms with Crippen molar-refractivity contribution in [3.8, 4) is 6.01 Å². The number of carbonyl (C=O) groups is 1. The normalized spacial score (nSPS) is 14.7. The fourth-order valence-corrected chi connectivity index (χ4v) is 2.63. The van der Waals surface area contributed by atoms with E-state index >= 15 is 0 Å². The van der Waals surface area contributed by atoms with Crippen LogP contribution in [0, 0.1) is 5.82 Å². The number of hydrogen-bond acceptors (Lipinski definition) is 6. The molecule has 2 aromatic rings. The molecule has 1 saturated carbocycles. The van der Waals surface area contributed by atoms with Gasteiger partial charge in [0.25, 0.3) is 0 Å². The molecular formula is C17H20FN5O2. The molecule has 0 unspecified atom stereocenters. The van der Waals surface area contributed by atoms with Crippen LogP contribution in [-0.2, 0) is 16.8 Å². The zero-order chi connectivity index (χ0) is 18.0. The van der Waals surface area contributed by atoms with E-state index in [0.717, 1.165) is 18.4 Å². The van der Waals surface area contributed by atoms with Gasteiger partial charge in [-0.05, 0) is 30.5 Å². The van der Waals surface area contributed by atoms with Crippen molar-refractivity contribution in [2.24, 2.45) is 0 Å². The lowest BCUT2D eigenvalue weighted by molar-refractivity contribution is -0.123. The van der Waals surface area contributed by atoms with E-state index in [2.05, 4.69) is 20.3 Å². The second-order valence-electron chi connectivity index (χ2n) is 6.20. The first-order valence-electron chi connectivity index (χ1n) is 7.95. The summed E-state index contributed by atoms with van der Waals surface area (Å²) in [7, 11) is 5.10. The van der Waals surface area contributed by atoms with Gasteiger partial charge in [-0.15, -0.1) is 0 Å². The molecule has 0 aliphatic heterocycles. The fraction of sp³-hybridized carbons (Fsp3) is 0.412. The van der Waals surface area contributed by atoms with Crippen LogP contribution in [0.25, 0.3) is 0 Å². The molecule has 7 nitrogen and oxygen atoms in total. The van der Waals surface area contributed by atoms with Crippen LogP contribution in [0.4, 0.5) is 10.3 Å². The smallest absolute Gasteiger partial charge is 0.321 e. The van der Waals surface area contributed by atoms with E-state index in [1.165, 1.54) is 19.2 Å². The summed E-state index contributed by atoms with van der Waals surface area (Å²) in [5.74, 6) is 0.452. The molecule has 1 heterocycles. The van der Waals surface area contributed by atoms with Gasteiger partial charge in [0, 0.05) is 14.1 Å². The third kappa shape index (κ3) is 3.52. The highest BCUT2D eigenvalue weighted by Gasteiger charge is 2.51. The second kappa shape index (κ2) is 6.62. The Hall–Kier alpha value is -2.77. The van der Waals surface area contributed by atoms with E-state index in [0.29, 0.717) is 11.8 Å². The molecule has 0 spiro atoms. The first-order valence-corrected chi connectivity index (χ1v) is 7.95. The average Bonchev–Trinajstić information content (AvgIpc) is 3.41. The van der Waals surface area contributed by atoms with Gasteiger partial charge in [0.2, 0.25) is 11.9 Å². The van der Waals surface area contributed by atoms with Crippen LogP contribution in [0.2, 0.25) is 0 Å². The number of nitrogens with one attached hydrogen (secondary N) is 1. The number of halogens is 1. The molecule has 1 aromatic carbocycles. The van der Waals surface area contributed by atoms with Gasteiger partial charge in [0.1, 0.15) is 5.82 Å². The molecule has 8 heteroatoms. The molecule has 1 aliphatic carbocycles. The number of methoxy groups -OCH3 is 1. The molecule has 132 valence electrons. The summed E-state index contributed by atoms with van der Waals surface area (Å²) < 4.78 is 18.2. The minimum atomic E-state index is -0.574. The lowest BCUT2D eigenvalue weighted by atomic mass is 9.95. The number of nitrogens with zero attached hydrogens (tertiary/aromatic N) is 4. The van der Waals surface area contributed by atoms with Crippen molar-refractivity contribution in [2.75, 3.05) is 26.1 Å². The summed E-state index contributed by atoms with van der Waals surface area (Å²) in [4.78, 5) is 27.0. The van der Waals surface area contributed by atoms with Gasteiger partial charge in [0.15, 0.2) is 5.82 Å². The summed E-state index contributed by atoms with van der Waals surface area (Å²) >= 11 is 0. The third-order valence-electron chi connectivity index (χ3n) is 4.22. The Kier molecular flexibility index (Phi) is 4.52. The Morgan fingerprint density at radius 3 is 2.48 bits per heavy atom. The van der Waals surface area contributed by atoms with Crippen LogP contribution in [0.1, 0.15) is 24.2 Å². The van der Waals surface area contributed by atoms with E-state index in [9.17, 15) is 9.18 Å². The van der Waals surface area contributed by atoms with Crippen molar-refractivity contribution in [2.45, 2.75) is 24.8 Å². The van der Waals surface area contributed by atoms with Crippen LogP contribution in [-0.4, -0.2) is 42.1 Å². The van der Waals surface area contributed by atoms with E-state index < -0.39 is 5.41 Å². The molecule has 0 atom stereocenters. The van der Waals surface area contributed by atoms with Crippen LogP contribution in [0.3, 0.4) is 0 Å². The molecule has 0 saturated heterocycles. The zero-order valence-corrected chi connectivity index (χ0v) is 14.4. The van der Waals surface area contributed by atoms with E-state index in [-0.39, 0.29) is 24.3 Å². The maximum absolute atomic E-state index is 13.1. The van der Waals surface area contributed by atoms with Crippen molar-refractivity contribution < 1.29 is 13.9 Å². The van der Waals surface area contributed by atoms with Crippen molar-refractivity contribution in [3.05, 3.63) is 41.5 Å². The van der Waals surface area contributed by atoms with Crippen LogP contribution in [0.5, 0.6) is 6.01 Å². The van der Waals surface area contributed by atoms with Crippen LogP contribution in [0.15, 0.2) is 24.3 Å². The predicted octanol–water partition coefficient (Wildman–Crippen LogP) is 1.43. The first-order chi connectivity index (χ1) is 11.9. The SMILES string of the molecule is COc1nc(CNC(=O)C2(c3ccc(F)cc3)CC2)nc(N(C)C)n1. The summed E-state index contributed by atoms with van der Waals surface area (Å²) in [5, 5.41) is 2.87. The molecular weight excluding hydrogens is 325 g/mol. The lowest BCUT2D eigenvalue weighted by Crippen LogP contribution is -2.35. The number of hydrogen-bond donors (Lipinski definition) is 1. The molecule has 0 radical (unpaired) electrons. The van der Waals surface area contributed by atoms with Gasteiger partial charge in [0.05, 0.1) is 19.1 Å². The Bertz CT molecular complexity index is 775. The van der Waals surface area contributed by atoms with Crippen molar-refractivity contribution >= 4 is 11.9 Å². The Morgan fingerprint density at radius 1 is 1.24 bits per heavy atom. The van der Waals surface area contributed by atoms with Gasteiger partial charge in [-0.2, -0.15) is 15.0 Å². The van der Waals surface area contributed by atoms with Crippen LogP contribution >= 0.6 is 0 Å². The van der Waals surface area contributed by atoms with Crippen molar-refractivity contribution in [1.29, 1.82) is 0 Å². The Labute approximate surface area is 145 Å². The first kappa shape index (κ1) is 17.1. The maximum Gasteiger partial charge on any atom is 0.321 e. The monoisotopic (exact) mass is 345 g/mol. The standard InChI is InChI=1S/C17H20FN5O2/c1-23(2)15-20-13(21-16(22-15)25-3)10-19-14(24)17(8-9-17)11-4-6-12(18)7-5-11/h4-7H,8-10H2,1-3H3,(H,19,24). The van der Waals surface area contributed by atoms with Gasteiger partial charge in [-0.1, -0.05) is 12.1 Å². The molecule has 0 bridgehead atoms. The van der Waals surface area contributed by atoms with E-state index in [1.807, 2.05) is 14.1 Å². The Morgan fingerprint density at radius 2 is 1.92 bits per heavy atom. The molecule has 1 fully saturated rings. The summed E-state index contributed by atoms with van der Waals surface area (Å²) in [6.07, 6.45) is 1.49. The van der Waals surface area contributed by atoms with Gasteiger partial charge in [-0.3, -0.25) is 4.79 Å². The molecule has 1 N–H and O–H groups in total. The minimum absolute atomic E-state index is 0.107. The van der Waals surface area contributed by atoms with Gasteiger partial charge in [-0.25, -0.2) is 4.39 Å². The van der Waals surface area contributed by atoms with Crippen LogP contribution < -0.4 is 15.0 Å². The summed E-state index contributed by atoms with van der Waals surface area (Å²) in [6, 6.07) is 6.28. The van der Waals surface area contributed by atoms with E-state index in [4.69, 9.17) is 4.74 Å². The third-order valence-corrected chi connectivity index (χ3v) is 4.22. The number of aromatic nitrogens is 3. The molecule has 3 rings (SSSR count). The fourth-order valence-electron chi connectivity index (χ4n) is 2.63. The van der Waals surface area contributed by atoms with Crippen molar-refractivity contribution in [3.63, 3.8) is 0 Å². The molecule has 25 heavy (non-hydrogen) atoms. The average molecular weight is 345 g/mol. The molecule has 1 aromatic heterocycles. The van der Waals surface area contributed by atoms with Crippen molar-refractivity contribution in [1.82, 2.24) is 20.3 Å². The highest BCUT2D eigenvalue weighted by Crippen LogP contribution is 2.48. The maximum atomic E-state index is 13.1. The number of amides is 1. The zero-order valence-electron chi connectivity index (χ0n) is 14.4. The highest BCUT2D eigenvalue weighted by atomic mass is 19.1. The summed E-state index contributed by atoms with van der Waals surface area (Å²) in [5.41, 5.74) is 0.253. The Balaban J connectivity index is 1.72. The van der Waals surface area contributed by atoms with Gasteiger partial charge >= 0.3 is 6.01 Å². The number of anilines is 1. The quantitative estimate of drug-likeness (QED) is 0.853. The number of ether oxygens (including phenoxy) is 1. The predicted molar refractivity (Wildman–Crippen MR) is 89.9 cm³/mol. The second-order valence-corrected chi connectivity index (χ2v) is 6.20. The number of rotatable bonds is 6. The highest BCUT2D eigenvalue weighted by molar-refractivity contribution is 5.91. The topological polar surface area (TPSA) is 80.2 Å².